The molecule has 4 heteroatoms. The summed E-state index contributed by atoms with van der Waals surface area (Å²) in [6.45, 7) is 1.95. The van der Waals surface area contributed by atoms with Crippen LogP contribution < -0.4 is 5.73 Å². The van der Waals surface area contributed by atoms with E-state index in [4.69, 9.17) is 17.3 Å². The van der Waals surface area contributed by atoms with E-state index in [0.717, 1.165) is 22.5 Å². The molecule has 1 aromatic carbocycles. The van der Waals surface area contributed by atoms with Gasteiger partial charge in [0.2, 0.25) is 0 Å². The molecule has 0 fully saturated rings. The predicted molar refractivity (Wildman–Crippen MR) is 62.8 cm³/mol. The molecule has 0 amide bonds. The van der Waals surface area contributed by atoms with Crippen LogP contribution in [0.4, 0.5) is 5.69 Å². The predicted octanol–water partition coefficient (Wildman–Crippen LogP) is 2.63. The van der Waals surface area contributed by atoms with E-state index in [1.807, 2.05) is 32.3 Å². The topological polar surface area (TPSA) is 43.8 Å². The molecule has 0 aliphatic heterocycles. The van der Waals surface area contributed by atoms with Crippen molar-refractivity contribution in [3.8, 4) is 11.1 Å². The summed E-state index contributed by atoms with van der Waals surface area (Å²) >= 11 is 5.94. The number of hydrogen-bond acceptors (Lipinski definition) is 2. The molecule has 15 heavy (non-hydrogen) atoms. The van der Waals surface area contributed by atoms with E-state index in [-0.39, 0.29) is 0 Å². The highest BCUT2D eigenvalue weighted by molar-refractivity contribution is 6.31. The zero-order valence-electron chi connectivity index (χ0n) is 8.66. The van der Waals surface area contributed by atoms with Crippen molar-refractivity contribution in [3.63, 3.8) is 0 Å². The van der Waals surface area contributed by atoms with Crippen LogP contribution in [0.25, 0.3) is 11.1 Å². The zero-order valence-corrected chi connectivity index (χ0v) is 9.42. The molecule has 3 nitrogen and oxygen atoms in total. The maximum atomic E-state index is 5.94. The Hall–Kier alpha value is -1.48. The van der Waals surface area contributed by atoms with Crippen LogP contribution >= 0.6 is 11.6 Å². The summed E-state index contributed by atoms with van der Waals surface area (Å²) < 4.78 is 1.77. The Labute approximate surface area is 93.5 Å². The minimum absolute atomic E-state index is 0.683. The number of nitrogens with two attached hydrogens (primary N) is 1. The smallest absolute Gasteiger partial charge is 0.0672 e. The molecule has 0 radical (unpaired) electrons. The van der Waals surface area contributed by atoms with Gasteiger partial charge in [0.05, 0.1) is 5.69 Å². The Balaban J connectivity index is 2.62. The molecular weight excluding hydrogens is 210 g/mol. The molecule has 0 aliphatic carbocycles. The first kappa shape index (κ1) is 10.1. The molecule has 1 aromatic heterocycles. The normalized spacial score (nSPS) is 10.6. The number of aromatic nitrogens is 2. The highest BCUT2D eigenvalue weighted by Crippen LogP contribution is 2.30. The van der Waals surface area contributed by atoms with Crippen LogP contribution in [0.3, 0.4) is 0 Å². The third-order valence-electron chi connectivity index (χ3n) is 2.32. The largest absolute Gasteiger partial charge is 0.398 e. The van der Waals surface area contributed by atoms with Gasteiger partial charge in [-0.3, -0.25) is 4.68 Å². The van der Waals surface area contributed by atoms with E-state index >= 15 is 0 Å². The average molecular weight is 222 g/mol. The molecule has 0 bridgehead atoms. The average Bonchev–Trinajstić information content (AvgIpc) is 2.50. The van der Waals surface area contributed by atoms with Gasteiger partial charge in [0.1, 0.15) is 0 Å². The summed E-state index contributed by atoms with van der Waals surface area (Å²) in [5, 5.41) is 4.96. The van der Waals surface area contributed by atoms with Gasteiger partial charge in [0.25, 0.3) is 0 Å². The third-order valence-corrected chi connectivity index (χ3v) is 2.55. The van der Waals surface area contributed by atoms with Gasteiger partial charge >= 0.3 is 0 Å². The standard InChI is InChI=1S/C11H12ClN3/c1-7-10(6-15(2)14-7)9-5-8(12)3-4-11(9)13/h3-6H,13H2,1-2H3. The van der Waals surface area contributed by atoms with Gasteiger partial charge in [-0.2, -0.15) is 5.10 Å². The van der Waals surface area contributed by atoms with E-state index in [1.54, 1.807) is 10.7 Å². The second-order valence-corrected chi connectivity index (χ2v) is 3.97. The van der Waals surface area contributed by atoms with Gasteiger partial charge in [-0.15, -0.1) is 0 Å². The lowest BCUT2D eigenvalue weighted by atomic mass is 10.1. The highest BCUT2D eigenvalue weighted by atomic mass is 35.5. The third kappa shape index (κ3) is 1.83. The minimum Gasteiger partial charge on any atom is -0.398 e. The molecule has 2 N–H and O–H groups in total. The van der Waals surface area contributed by atoms with Crippen molar-refractivity contribution in [2.24, 2.45) is 7.05 Å². The van der Waals surface area contributed by atoms with Crippen LogP contribution in [0, 0.1) is 6.92 Å². The molecule has 0 spiro atoms. The monoisotopic (exact) mass is 221 g/mol. The van der Waals surface area contributed by atoms with Crippen LogP contribution in [-0.2, 0) is 7.05 Å². The first-order chi connectivity index (χ1) is 7.08. The number of benzene rings is 1. The highest BCUT2D eigenvalue weighted by Gasteiger charge is 2.09. The molecule has 78 valence electrons. The molecule has 2 rings (SSSR count). The van der Waals surface area contributed by atoms with E-state index < -0.39 is 0 Å². The van der Waals surface area contributed by atoms with Gasteiger partial charge in [-0.1, -0.05) is 11.6 Å². The maximum absolute atomic E-state index is 5.94. The summed E-state index contributed by atoms with van der Waals surface area (Å²) in [7, 11) is 1.89. The molecule has 0 saturated heterocycles. The van der Waals surface area contributed by atoms with Crippen molar-refractivity contribution >= 4 is 17.3 Å². The Kier molecular flexibility index (Phi) is 2.40. The van der Waals surface area contributed by atoms with Crippen LogP contribution in [0.15, 0.2) is 24.4 Å². The number of hydrogen-bond donors (Lipinski definition) is 1. The fraction of sp³-hybridized carbons (Fsp3) is 0.182. The van der Waals surface area contributed by atoms with Crippen LogP contribution in [0.1, 0.15) is 5.69 Å². The number of halogens is 1. The van der Waals surface area contributed by atoms with Crippen LogP contribution in [0.5, 0.6) is 0 Å². The second-order valence-electron chi connectivity index (χ2n) is 3.53. The number of rotatable bonds is 1. The Morgan fingerprint density at radius 2 is 2.07 bits per heavy atom. The minimum atomic E-state index is 0.683. The summed E-state index contributed by atoms with van der Waals surface area (Å²) in [5.74, 6) is 0. The van der Waals surface area contributed by atoms with E-state index in [0.29, 0.717) is 5.02 Å². The van der Waals surface area contributed by atoms with Gasteiger partial charge in [0.15, 0.2) is 0 Å². The van der Waals surface area contributed by atoms with Gasteiger partial charge in [0, 0.05) is 35.1 Å². The van der Waals surface area contributed by atoms with E-state index in [9.17, 15) is 0 Å². The number of anilines is 1. The lowest BCUT2D eigenvalue weighted by Gasteiger charge is -2.04. The first-order valence-electron chi connectivity index (χ1n) is 4.63. The molecular formula is C11H12ClN3. The van der Waals surface area contributed by atoms with Crippen molar-refractivity contribution in [1.82, 2.24) is 9.78 Å². The van der Waals surface area contributed by atoms with Crippen LogP contribution in [-0.4, -0.2) is 9.78 Å². The summed E-state index contributed by atoms with van der Waals surface area (Å²) in [6, 6.07) is 5.46. The Bertz CT molecular complexity index is 503. The summed E-state index contributed by atoms with van der Waals surface area (Å²) in [5.41, 5.74) is 9.54. The lowest BCUT2D eigenvalue weighted by Crippen LogP contribution is -1.89. The van der Waals surface area contributed by atoms with Gasteiger partial charge < -0.3 is 5.73 Å². The fourth-order valence-electron chi connectivity index (χ4n) is 1.63. The number of nitrogens with zero attached hydrogens (tertiary/aromatic N) is 2. The van der Waals surface area contributed by atoms with Crippen molar-refractivity contribution in [3.05, 3.63) is 35.1 Å². The molecule has 1 heterocycles. The van der Waals surface area contributed by atoms with Gasteiger partial charge in [-0.25, -0.2) is 0 Å². The quantitative estimate of drug-likeness (QED) is 0.753. The molecule has 0 unspecified atom stereocenters. The number of aryl methyl sites for hydroxylation is 2. The molecule has 2 aromatic rings. The summed E-state index contributed by atoms with van der Waals surface area (Å²) in [4.78, 5) is 0. The van der Waals surface area contributed by atoms with E-state index in [1.165, 1.54) is 0 Å². The second kappa shape index (κ2) is 3.59. The number of nitrogen functional groups attached to an aromatic ring is 1. The van der Waals surface area contributed by atoms with Crippen molar-refractivity contribution in [2.45, 2.75) is 6.92 Å². The Morgan fingerprint density at radius 1 is 1.33 bits per heavy atom. The maximum Gasteiger partial charge on any atom is 0.0672 e. The lowest BCUT2D eigenvalue weighted by molar-refractivity contribution is 0.756. The van der Waals surface area contributed by atoms with Crippen molar-refractivity contribution < 1.29 is 0 Å². The van der Waals surface area contributed by atoms with Crippen molar-refractivity contribution in [1.29, 1.82) is 0 Å². The van der Waals surface area contributed by atoms with E-state index in [2.05, 4.69) is 5.10 Å². The zero-order chi connectivity index (χ0) is 11.0. The molecule has 0 saturated carbocycles. The van der Waals surface area contributed by atoms with Gasteiger partial charge in [-0.05, 0) is 25.1 Å². The SMILES string of the molecule is Cc1nn(C)cc1-c1cc(Cl)ccc1N. The molecule has 0 atom stereocenters. The first-order valence-corrected chi connectivity index (χ1v) is 5.01. The van der Waals surface area contributed by atoms with Crippen LogP contribution in [0.2, 0.25) is 5.02 Å². The Morgan fingerprint density at radius 3 is 2.67 bits per heavy atom. The fourth-order valence-corrected chi connectivity index (χ4v) is 1.80. The summed E-state index contributed by atoms with van der Waals surface area (Å²) in [6.07, 6.45) is 1.94. The molecule has 0 aliphatic rings. The van der Waals surface area contributed by atoms with Crippen molar-refractivity contribution in [2.75, 3.05) is 5.73 Å².